The fourth-order valence-electron chi connectivity index (χ4n) is 4.51. The molecular formula is C25H26F5N5O4. The molecule has 1 saturated heterocycles. The average molecular weight is 556 g/mol. The molecule has 1 fully saturated rings. The van der Waals surface area contributed by atoms with Crippen molar-refractivity contribution in [2.75, 3.05) is 43.4 Å². The van der Waals surface area contributed by atoms with Gasteiger partial charge in [0, 0.05) is 56.6 Å². The molecular weight excluding hydrogens is 529 g/mol. The number of aromatic nitrogens is 1. The Hall–Kier alpha value is -3.94. The second kappa shape index (κ2) is 10.7. The molecule has 4 rings (SSSR count). The van der Waals surface area contributed by atoms with Crippen molar-refractivity contribution in [1.82, 2.24) is 14.8 Å². The number of hydrogen-bond donors (Lipinski definition) is 2. The highest BCUT2D eigenvalue weighted by Crippen LogP contribution is 2.39. The van der Waals surface area contributed by atoms with Gasteiger partial charge in [0.25, 0.3) is 5.91 Å². The van der Waals surface area contributed by atoms with Gasteiger partial charge in [-0.3, -0.25) is 14.5 Å². The summed E-state index contributed by atoms with van der Waals surface area (Å²) in [5.41, 5.74) is -4.45. The molecule has 14 heteroatoms. The number of carbonyl (C=O) groups excluding carboxylic acids is 2. The second-order valence-corrected chi connectivity index (χ2v) is 9.48. The van der Waals surface area contributed by atoms with Gasteiger partial charge in [0.1, 0.15) is 5.69 Å². The number of halogens is 5. The number of nitrogens with one attached hydrogen (secondary N) is 2. The topological polar surface area (TPSA) is 98.0 Å². The molecule has 210 valence electrons. The van der Waals surface area contributed by atoms with Gasteiger partial charge in [-0.1, -0.05) is 12.2 Å². The summed E-state index contributed by atoms with van der Waals surface area (Å²) in [5, 5.41) is 2.10. The first-order chi connectivity index (χ1) is 18.3. The number of likely N-dealkylation sites (N-methyl/N-ethyl adjacent to an activating group) is 1. The van der Waals surface area contributed by atoms with Crippen LogP contribution in [0.1, 0.15) is 29.8 Å². The Morgan fingerprint density at radius 2 is 1.69 bits per heavy atom. The van der Waals surface area contributed by atoms with E-state index in [1.54, 1.807) is 17.1 Å². The van der Waals surface area contributed by atoms with Gasteiger partial charge in [0.15, 0.2) is 11.6 Å². The van der Waals surface area contributed by atoms with Crippen LogP contribution in [0.5, 0.6) is 5.75 Å². The summed E-state index contributed by atoms with van der Waals surface area (Å²) < 4.78 is 76.7. The van der Waals surface area contributed by atoms with Crippen LogP contribution >= 0.6 is 0 Å². The highest BCUT2D eigenvalue weighted by Gasteiger charge is 2.37. The zero-order chi connectivity index (χ0) is 28.6. The highest BCUT2D eigenvalue weighted by atomic mass is 19.4. The molecule has 0 spiro atoms. The largest absolute Gasteiger partial charge is 0.417 e. The Labute approximate surface area is 219 Å². The number of nitrogens with zero attached hydrogens (tertiary/aromatic N) is 3. The number of benzene rings is 1. The lowest BCUT2D eigenvalue weighted by Gasteiger charge is -2.44. The van der Waals surface area contributed by atoms with Crippen molar-refractivity contribution in [3.05, 3.63) is 63.6 Å². The second-order valence-electron chi connectivity index (χ2n) is 9.48. The van der Waals surface area contributed by atoms with Crippen LogP contribution in [0.3, 0.4) is 0 Å². The molecule has 2 aromatic rings. The van der Waals surface area contributed by atoms with Crippen LogP contribution in [0.25, 0.3) is 0 Å². The molecule has 2 atom stereocenters. The molecule has 2 aliphatic rings. The van der Waals surface area contributed by atoms with Crippen molar-refractivity contribution in [1.29, 1.82) is 0 Å². The summed E-state index contributed by atoms with van der Waals surface area (Å²) >= 11 is 0. The van der Waals surface area contributed by atoms with Gasteiger partial charge in [-0.2, -0.15) is 13.2 Å². The molecule has 0 unspecified atom stereocenters. The van der Waals surface area contributed by atoms with Gasteiger partial charge in [0.2, 0.25) is 11.3 Å². The lowest BCUT2D eigenvalue weighted by Crippen LogP contribution is -2.55. The van der Waals surface area contributed by atoms with Crippen LogP contribution in [0.4, 0.5) is 38.1 Å². The van der Waals surface area contributed by atoms with E-state index in [-0.39, 0.29) is 50.0 Å². The Kier molecular flexibility index (Phi) is 7.68. The number of hydrogen-bond acceptors (Lipinski definition) is 6. The van der Waals surface area contributed by atoms with E-state index in [0.717, 1.165) is 11.0 Å². The Balaban J connectivity index is 1.78. The molecule has 1 aromatic heterocycles. The number of carbonyl (C=O) groups is 2. The minimum atomic E-state index is -5.07. The Morgan fingerprint density at radius 1 is 1.08 bits per heavy atom. The van der Waals surface area contributed by atoms with Crippen LogP contribution < -0.4 is 20.5 Å². The summed E-state index contributed by atoms with van der Waals surface area (Å²) in [6, 6.07) is 0.906. The molecule has 2 aliphatic heterocycles. The zero-order valence-corrected chi connectivity index (χ0v) is 21.2. The zero-order valence-electron chi connectivity index (χ0n) is 21.2. The maximum absolute atomic E-state index is 15.9. The third kappa shape index (κ3) is 5.75. The molecule has 2 amide bonds. The van der Waals surface area contributed by atoms with E-state index in [9.17, 15) is 27.6 Å². The first kappa shape index (κ1) is 28.1. The molecule has 39 heavy (non-hydrogen) atoms. The van der Waals surface area contributed by atoms with Gasteiger partial charge < -0.3 is 24.8 Å². The number of alkyl halides is 3. The van der Waals surface area contributed by atoms with Crippen molar-refractivity contribution in [2.24, 2.45) is 0 Å². The van der Waals surface area contributed by atoms with Crippen molar-refractivity contribution in [3.8, 4) is 5.75 Å². The van der Waals surface area contributed by atoms with E-state index in [1.165, 1.54) is 0 Å². The highest BCUT2D eigenvalue weighted by molar-refractivity contribution is 6.07. The summed E-state index contributed by atoms with van der Waals surface area (Å²) in [6.07, 6.45) is -2.26. The molecule has 0 radical (unpaired) electrons. The van der Waals surface area contributed by atoms with Gasteiger partial charge >= 0.3 is 12.3 Å². The minimum absolute atomic E-state index is 0.0837. The number of ether oxygens (including phenoxy) is 1. The molecule has 2 N–H and O–H groups in total. The Morgan fingerprint density at radius 3 is 2.28 bits per heavy atom. The number of amides is 2. The Bertz CT molecular complexity index is 1360. The summed E-state index contributed by atoms with van der Waals surface area (Å²) in [7, 11) is 1.88. The van der Waals surface area contributed by atoms with Gasteiger partial charge in [0.05, 0.1) is 16.8 Å². The summed E-state index contributed by atoms with van der Waals surface area (Å²) in [6.45, 7) is 4.62. The fraction of sp³-hybridized carbons (Fsp3) is 0.400. The molecule has 3 heterocycles. The number of H-pyrrole nitrogens is 1. The minimum Gasteiger partial charge on any atom is -0.404 e. The van der Waals surface area contributed by atoms with E-state index < -0.39 is 57.9 Å². The van der Waals surface area contributed by atoms with Gasteiger partial charge in [-0.25, -0.2) is 13.6 Å². The number of piperazine rings is 1. The molecule has 9 nitrogen and oxygen atoms in total. The third-order valence-electron chi connectivity index (χ3n) is 6.83. The van der Waals surface area contributed by atoms with Gasteiger partial charge in [-0.15, -0.1) is 0 Å². The van der Waals surface area contributed by atoms with Crippen LogP contribution in [0.15, 0.2) is 35.3 Å². The molecule has 0 saturated carbocycles. The van der Waals surface area contributed by atoms with E-state index in [1.807, 2.05) is 30.8 Å². The van der Waals surface area contributed by atoms with Crippen molar-refractivity contribution in [3.63, 3.8) is 0 Å². The van der Waals surface area contributed by atoms with E-state index in [4.69, 9.17) is 4.74 Å². The summed E-state index contributed by atoms with van der Waals surface area (Å²) in [5.74, 6) is -5.24. The SMILES string of the molecule is C[C@@H]1CN(c2cc(F)c(OC(=O)N3CC=CC3)c(F)c2NC(=O)c2c[nH]c(=O)cc2C(F)(F)F)C[C@H](C)N1C. The first-order valence-electron chi connectivity index (χ1n) is 12.0. The number of pyridine rings is 1. The lowest BCUT2D eigenvalue weighted by molar-refractivity contribution is -0.138. The third-order valence-corrected chi connectivity index (χ3v) is 6.83. The molecule has 0 bridgehead atoms. The number of aromatic amines is 1. The predicted octanol–water partition coefficient (Wildman–Crippen LogP) is 3.82. The van der Waals surface area contributed by atoms with Crippen molar-refractivity contribution < 1.29 is 36.3 Å². The van der Waals surface area contributed by atoms with E-state index in [2.05, 4.69) is 5.32 Å². The van der Waals surface area contributed by atoms with E-state index in [0.29, 0.717) is 6.20 Å². The predicted molar refractivity (Wildman–Crippen MR) is 132 cm³/mol. The molecule has 0 aliphatic carbocycles. The normalized spacial score (nSPS) is 19.9. The van der Waals surface area contributed by atoms with Gasteiger partial charge in [-0.05, 0) is 20.9 Å². The van der Waals surface area contributed by atoms with Crippen LogP contribution in [0.2, 0.25) is 0 Å². The first-order valence-corrected chi connectivity index (χ1v) is 12.0. The maximum atomic E-state index is 15.9. The number of anilines is 2. The average Bonchev–Trinajstić information content (AvgIpc) is 3.41. The van der Waals surface area contributed by atoms with Crippen LogP contribution in [0, 0.1) is 11.6 Å². The standard InChI is InChI=1S/C25H26F5N5O4/c1-13-11-35(12-14(2)33(13)3)18-9-17(26)22(39-24(38)34-6-4-5-7-34)20(27)21(18)32-23(37)15-10-31-19(36)8-16(15)25(28,29)30/h4-5,8-10,13-14H,6-7,11-12H2,1-3H3,(H,31,36)(H,32,37)/t13-,14+. The van der Waals surface area contributed by atoms with E-state index >= 15 is 8.78 Å². The van der Waals surface area contributed by atoms with Crippen molar-refractivity contribution >= 4 is 23.4 Å². The number of rotatable bonds is 4. The summed E-state index contributed by atoms with van der Waals surface area (Å²) in [4.78, 5) is 43.8. The quantitative estimate of drug-likeness (QED) is 0.440. The molecule has 1 aromatic carbocycles. The lowest BCUT2D eigenvalue weighted by atomic mass is 10.1. The maximum Gasteiger partial charge on any atom is 0.417 e. The van der Waals surface area contributed by atoms with Crippen LogP contribution in [-0.2, 0) is 6.18 Å². The van der Waals surface area contributed by atoms with Crippen molar-refractivity contribution in [2.45, 2.75) is 32.1 Å². The smallest absolute Gasteiger partial charge is 0.404 e. The van der Waals surface area contributed by atoms with Crippen LogP contribution in [-0.4, -0.2) is 72.1 Å². The fourth-order valence-corrected chi connectivity index (χ4v) is 4.51. The monoisotopic (exact) mass is 555 g/mol.